The van der Waals surface area contributed by atoms with Crippen LogP contribution >= 0.6 is 7.82 Å². The fourth-order valence-corrected chi connectivity index (χ4v) is 5.03. The molecule has 0 aromatic rings. The molecule has 0 aromatic heterocycles. The van der Waals surface area contributed by atoms with Gasteiger partial charge in [0.05, 0.1) is 0 Å². The summed E-state index contributed by atoms with van der Waals surface area (Å²) in [6.07, 6.45) is 15.0. The number of aliphatic hydroxyl groups is 2. The molecule has 2 N–H and O–H groups in total. The first-order valence-corrected chi connectivity index (χ1v) is 12.0. The van der Waals surface area contributed by atoms with E-state index in [4.69, 9.17) is 9.05 Å². The minimum Gasteiger partial charge on any atom is -0.337 e. The van der Waals surface area contributed by atoms with Crippen molar-refractivity contribution >= 4 is 19.4 Å². The molecule has 0 spiro atoms. The van der Waals surface area contributed by atoms with Crippen LogP contribution in [-0.2, 0) is 27.7 Å². The highest BCUT2D eigenvalue weighted by atomic mass is 31.2. The lowest BCUT2D eigenvalue weighted by Crippen LogP contribution is -2.69. The summed E-state index contributed by atoms with van der Waals surface area (Å²) in [7, 11) is -4.23. The Morgan fingerprint density at radius 1 is 0.821 bits per heavy atom. The Labute approximate surface area is 166 Å². The Hall–Kier alpha value is -0.630. The summed E-state index contributed by atoms with van der Waals surface area (Å²) in [6.45, 7) is 2.22. The predicted octanol–water partition coefficient (Wildman–Crippen LogP) is 4.13. The van der Waals surface area contributed by atoms with Crippen molar-refractivity contribution < 1.29 is 37.9 Å². The van der Waals surface area contributed by atoms with Gasteiger partial charge < -0.3 is 10.2 Å². The number of ketones is 2. The first-order valence-electron chi connectivity index (χ1n) is 10.5. The zero-order valence-electron chi connectivity index (χ0n) is 16.7. The molecule has 3 aliphatic heterocycles. The molecule has 0 radical (unpaired) electrons. The van der Waals surface area contributed by atoms with E-state index >= 15 is 0 Å². The van der Waals surface area contributed by atoms with Crippen molar-refractivity contribution in [2.75, 3.05) is 0 Å². The van der Waals surface area contributed by atoms with E-state index in [1.807, 2.05) is 0 Å². The molecule has 0 unspecified atom stereocenters. The maximum atomic E-state index is 12.2. The summed E-state index contributed by atoms with van der Waals surface area (Å²) >= 11 is 0. The Balaban J connectivity index is 1.51. The van der Waals surface area contributed by atoms with Gasteiger partial charge in [0.25, 0.3) is 5.78 Å². The fourth-order valence-electron chi connectivity index (χ4n) is 3.55. The van der Waals surface area contributed by atoms with Gasteiger partial charge in [0.1, 0.15) is 0 Å². The van der Waals surface area contributed by atoms with Crippen molar-refractivity contribution in [3.05, 3.63) is 0 Å². The van der Waals surface area contributed by atoms with Gasteiger partial charge in [0.15, 0.2) is 0 Å². The molecule has 162 valence electrons. The number of fused-ring (bicyclic) bond motifs is 2. The van der Waals surface area contributed by atoms with E-state index in [-0.39, 0.29) is 6.42 Å². The first kappa shape index (κ1) is 23.6. The quantitative estimate of drug-likeness (QED) is 0.176. The zero-order chi connectivity index (χ0) is 20.7. The highest BCUT2D eigenvalue weighted by Gasteiger charge is 2.77. The largest absolute Gasteiger partial charge is 0.486 e. The van der Waals surface area contributed by atoms with Gasteiger partial charge in [0.2, 0.25) is 5.78 Å². The van der Waals surface area contributed by atoms with Gasteiger partial charge in [-0.15, -0.1) is 0 Å². The van der Waals surface area contributed by atoms with Gasteiger partial charge >= 0.3 is 19.6 Å². The van der Waals surface area contributed by atoms with Gasteiger partial charge in [-0.3, -0.25) is 9.59 Å². The summed E-state index contributed by atoms with van der Waals surface area (Å²) in [5.41, 5.74) is 0. The van der Waals surface area contributed by atoms with E-state index in [9.17, 15) is 24.4 Å². The molecule has 8 nitrogen and oxygen atoms in total. The minimum absolute atomic E-state index is 0.0282. The Kier molecular flexibility index (Phi) is 8.80. The predicted molar refractivity (Wildman–Crippen MR) is 101 cm³/mol. The zero-order valence-corrected chi connectivity index (χ0v) is 17.6. The van der Waals surface area contributed by atoms with Gasteiger partial charge in [0, 0.05) is 6.42 Å². The van der Waals surface area contributed by atoms with Crippen LogP contribution in [0.3, 0.4) is 0 Å². The molecule has 0 atom stereocenters. The van der Waals surface area contributed by atoms with Crippen molar-refractivity contribution in [3.8, 4) is 0 Å². The highest BCUT2D eigenvalue weighted by molar-refractivity contribution is 7.50. The molecule has 0 saturated carbocycles. The molecule has 3 rings (SSSR count). The van der Waals surface area contributed by atoms with Crippen molar-refractivity contribution in [2.45, 2.75) is 109 Å². The molecular formula is C19H33O8P. The third-order valence-corrected chi connectivity index (χ3v) is 6.63. The Morgan fingerprint density at radius 3 is 1.71 bits per heavy atom. The van der Waals surface area contributed by atoms with Crippen LogP contribution in [0.1, 0.15) is 96.8 Å². The molecule has 0 amide bonds. The topological polar surface area (TPSA) is 119 Å². The van der Waals surface area contributed by atoms with Crippen LogP contribution in [0.25, 0.3) is 0 Å². The monoisotopic (exact) mass is 420 g/mol. The molecule has 3 saturated heterocycles. The number of Topliss-reactive ketones (excluding diaryl/α,β-unsaturated/α-hetero) is 2. The second kappa shape index (κ2) is 10.4. The van der Waals surface area contributed by atoms with Crippen molar-refractivity contribution in [2.24, 2.45) is 0 Å². The SMILES string of the molecule is CCCCCCCCCCCCCCCC(=O)C12OP(=O)(OC(O)(O)C1=O)O2. The number of carbonyl (C=O) groups excluding carboxylic acids is 2. The van der Waals surface area contributed by atoms with Gasteiger partial charge in [-0.05, 0) is 6.42 Å². The van der Waals surface area contributed by atoms with E-state index in [1.54, 1.807) is 0 Å². The number of carbonyl (C=O) groups is 2. The van der Waals surface area contributed by atoms with E-state index in [0.29, 0.717) is 6.42 Å². The maximum Gasteiger partial charge on any atom is 0.486 e. The summed E-state index contributed by atoms with van der Waals surface area (Å²) < 4.78 is 25.3. The van der Waals surface area contributed by atoms with Crippen LogP contribution in [0.15, 0.2) is 0 Å². The van der Waals surface area contributed by atoms with E-state index < -0.39 is 31.1 Å². The van der Waals surface area contributed by atoms with Gasteiger partial charge in [-0.25, -0.2) is 18.1 Å². The second-order valence-corrected chi connectivity index (χ2v) is 9.13. The smallest absolute Gasteiger partial charge is 0.337 e. The lowest BCUT2D eigenvalue weighted by atomic mass is 9.98. The van der Waals surface area contributed by atoms with E-state index in [0.717, 1.165) is 19.3 Å². The molecule has 3 fully saturated rings. The number of phosphoric ester groups is 1. The van der Waals surface area contributed by atoms with Crippen LogP contribution in [0.4, 0.5) is 0 Å². The van der Waals surface area contributed by atoms with Crippen LogP contribution < -0.4 is 0 Å². The molecular weight excluding hydrogens is 387 g/mol. The summed E-state index contributed by atoms with van der Waals surface area (Å²) in [5, 5.41) is 18.8. The summed E-state index contributed by atoms with van der Waals surface area (Å²) in [5.74, 6) is -8.06. The maximum absolute atomic E-state index is 12.2. The summed E-state index contributed by atoms with van der Waals surface area (Å²) in [6, 6.07) is 0. The molecule has 3 aliphatic rings. The van der Waals surface area contributed by atoms with Crippen LogP contribution in [0, 0.1) is 0 Å². The van der Waals surface area contributed by atoms with Crippen LogP contribution in [0.2, 0.25) is 0 Å². The van der Waals surface area contributed by atoms with E-state index in [1.165, 1.54) is 57.8 Å². The highest BCUT2D eigenvalue weighted by Crippen LogP contribution is 2.71. The first-order chi connectivity index (χ1) is 13.3. The lowest BCUT2D eigenvalue weighted by molar-refractivity contribution is -0.343. The number of hydrogen-bond donors (Lipinski definition) is 2. The van der Waals surface area contributed by atoms with Crippen molar-refractivity contribution in [3.63, 3.8) is 0 Å². The van der Waals surface area contributed by atoms with Crippen LogP contribution in [-0.4, -0.2) is 33.5 Å². The van der Waals surface area contributed by atoms with Gasteiger partial charge in [-0.2, -0.15) is 0 Å². The second-order valence-electron chi connectivity index (χ2n) is 7.69. The standard InChI is InChI=1S/C19H33O8P/c1-2-3-4-5-6-7-8-9-10-11-12-13-14-15-16(20)18-17(21)19(22,23)27-28(24,25-18)26-18/h22-23H,2-15H2,1H3. The third kappa shape index (κ3) is 5.94. The molecule has 3 heterocycles. The fraction of sp³-hybridized carbons (Fsp3) is 0.895. The van der Waals surface area contributed by atoms with Crippen molar-refractivity contribution in [1.29, 1.82) is 0 Å². The minimum atomic E-state index is -4.23. The molecule has 0 aliphatic carbocycles. The number of phosphoric acid groups is 1. The average molecular weight is 420 g/mol. The van der Waals surface area contributed by atoms with Gasteiger partial charge in [-0.1, -0.05) is 84.0 Å². The lowest BCUT2D eigenvalue weighted by Gasteiger charge is -2.49. The van der Waals surface area contributed by atoms with Crippen LogP contribution in [0.5, 0.6) is 0 Å². The van der Waals surface area contributed by atoms with Crippen molar-refractivity contribution in [1.82, 2.24) is 0 Å². The molecule has 9 heteroatoms. The average Bonchev–Trinajstić information content (AvgIpc) is 2.60. The number of rotatable bonds is 15. The Morgan fingerprint density at radius 2 is 1.25 bits per heavy atom. The molecule has 0 aromatic carbocycles. The molecule has 2 bridgehead atoms. The number of hydrogen-bond acceptors (Lipinski definition) is 8. The molecule has 28 heavy (non-hydrogen) atoms. The Bertz CT molecular complexity index is 578. The van der Waals surface area contributed by atoms with E-state index in [2.05, 4.69) is 11.4 Å². The third-order valence-electron chi connectivity index (χ3n) is 5.19. The summed E-state index contributed by atoms with van der Waals surface area (Å²) in [4.78, 5) is 24.1. The normalized spacial score (nSPS) is 28.2. The number of unbranched alkanes of at least 4 members (excludes halogenated alkanes) is 12.